The lowest BCUT2D eigenvalue weighted by Gasteiger charge is -2.36. The van der Waals surface area contributed by atoms with Crippen LogP contribution in [0, 0.1) is 0 Å². The van der Waals surface area contributed by atoms with Crippen LogP contribution in [0.3, 0.4) is 0 Å². The van der Waals surface area contributed by atoms with Crippen molar-refractivity contribution in [2.75, 3.05) is 80.2 Å². The van der Waals surface area contributed by atoms with E-state index in [0.717, 1.165) is 24.0 Å². The summed E-state index contributed by atoms with van der Waals surface area (Å²) in [6.07, 6.45) is 2.11. The van der Waals surface area contributed by atoms with E-state index in [1.807, 2.05) is 41.3 Å². The first-order valence-electron chi connectivity index (χ1n) is 18.0. The Morgan fingerprint density at radius 1 is 0.696 bits per heavy atom. The highest BCUT2D eigenvalue weighted by molar-refractivity contribution is 7.88. The van der Waals surface area contributed by atoms with Crippen LogP contribution >= 0.6 is 23.2 Å². The molecule has 3 saturated heterocycles. The van der Waals surface area contributed by atoms with E-state index in [-0.39, 0.29) is 59.4 Å². The van der Waals surface area contributed by atoms with E-state index in [0.29, 0.717) is 50.6 Å². The summed E-state index contributed by atoms with van der Waals surface area (Å²) < 4.78 is 60.5. The SMILES string of the molecule is Nc1n[nH]c(=O)c(Cl)c1N1CCN(S(=O)(=O)Cc2ccccc2)CC1.Nc1nn(C2CCCCO2)c(=O)c(Cl)c1N1CCN(S(=O)(=O)Cc2ccccc2)CC1. The van der Waals surface area contributed by atoms with E-state index in [9.17, 15) is 26.4 Å². The Kier molecular flexibility index (Phi) is 13.2. The van der Waals surface area contributed by atoms with Crippen LogP contribution < -0.4 is 32.4 Å². The molecule has 1 unspecified atom stereocenters. The predicted molar refractivity (Wildman–Crippen MR) is 217 cm³/mol. The molecule has 3 fully saturated rings. The van der Waals surface area contributed by atoms with Gasteiger partial charge in [0.2, 0.25) is 20.0 Å². The zero-order valence-electron chi connectivity index (χ0n) is 30.5. The number of nitrogens with zero attached hydrogens (tertiary/aromatic N) is 7. The maximum absolute atomic E-state index is 12.8. The minimum Gasteiger partial charge on any atom is -0.380 e. The summed E-state index contributed by atoms with van der Waals surface area (Å²) >= 11 is 12.4. The molecule has 0 spiro atoms. The lowest BCUT2D eigenvalue weighted by Crippen LogP contribution is -2.49. The molecule has 7 rings (SSSR count). The molecule has 2 aromatic heterocycles. The summed E-state index contributed by atoms with van der Waals surface area (Å²) in [6.45, 7) is 3.19. The number of hydrogen-bond donors (Lipinski definition) is 3. The van der Waals surface area contributed by atoms with Crippen molar-refractivity contribution in [3.05, 3.63) is 103 Å². The molecule has 3 aliphatic heterocycles. The number of nitrogens with two attached hydrogens (primary N) is 2. The van der Waals surface area contributed by atoms with E-state index < -0.39 is 37.4 Å². The van der Waals surface area contributed by atoms with Crippen molar-refractivity contribution in [2.24, 2.45) is 0 Å². The largest absolute Gasteiger partial charge is 0.380 e. The maximum Gasteiger partial charge on any atom is 0.290 e. The van der Waals surface area contributed by atoms with E-state index >= 15 is 0 Å². The second kappa shape index (κ2) is 17.9. The van der Waals surface area contributed by atoms with Gasteiger partial charge in [0.25, 0.3) is 11.1 Å². The molecule has 3 aliphatic rings. The Balaban J connectivity index is 0.000000194. The highest BCUT2D eigenvalue weighted by Gasteiger charge is 2.32. The number of nitrogen functional groups attached to an aromatic ring is 2. The van der Waals surface area contributed by atoms with Gasteiger partial charge in [-0.3, -0.25) is 9.59 Å². The molecule has 5 N–H and O–H groups in total. The van der Waals surface area contributed by atoms with Crippen molar-refractivity contribution in [1.82, 2.24) is 28.6 Å². The number of sulfonamides is 2. The number of benzene rings is 2. The number of aromatic nitrogens is 4. The average Bonchev–Trinajstić information content (AvgIpc) is 3.19. The zero-order valence-corrected chi connectivity index (χ0v) is 33.6. The zero-order chi connectivity index (χ0) is 40.0. The molecule has 4 aromatic rings. The molecule has 0 radical (unpaired) electrons. The van der Waals surface area contributed by atoms with Crippen LogP contribution in [0.15, 0.2) is 70.3 Å². The first-order chi connectivity index (χ1) is 26.7. The summed E-state index contributed by atoms with van der Waals surface area (Å²) in [4.78, 5) is 28.0. The maximum atomic E-state index is 12.8. The fourth-order valence-electron chi connectivity index (χ4n) is 6.80. The molecule has 17 nitrogen and oxygen atoms in total. The van der Waals surface area contributed by atoms with Crippen molar-refractivity contribution < 1.29 is 21.6 Å². The van der Waals surface area contributed by atoms with Gasteiger partial charge in [-0.05, 0) is 30.4 Å². The quantitative estimate of drug-likeness (QED) is 0.221. The van der Waals surface area contributed by atoms with E-state index in [1.54, 1.807) is 29.2 Å². The molecule has 1 atom stereocenters. The van der Waals surface area contributed by atoms with Crippen LogP contribution in [0.25, 0.3) is 0 Å². The highest BCUT2D eigenvalue weighted by atomic mass is 35.5. The molecular weight excluding hydrogens is 807 g/mol. The molecule has 0 saturated carbocycles. The summed E-state index contributed by atoms with van der Waals surface area (Å²) in [5, 5.41) is 10.1. The summed E-state index contributed by atoms with van der Waals surface area (Å²) in [6, 6.07) is 18.1. The van der Waals surface area contributed by atoms with Gasteiger partial charge in [0.05, 0.1) is 11.5 Å². The Bertz CT molecular complexity index is 2310. The number of nitrogens with one attached hydrogen (secondary N) is 1. The number of rotatable bonds is 9. The molecule has 5 heterocycles. The van der Waals surface area contributed by atoms with Gasteiger partial charge in [-0.2, -0.15) is 18.4 Å². The molecular formula is C35H44Cl2N10O7S2. The monoisotopic (exact) mass is 850 g/mol. The van der Waals surface area contributed by atoms with Crippen LogP contribution in [0.2, 0.25) is 10.0 Å². The number of ether oxygens (including phenoxy) is 1. The minimum absolute atomic E-state index is 0.0118. The molecule has 0 amide bonds. The van der Waals surface area contributed by atoms with E-state index in [2.05, 4.69) is 15.3 Å². The fraction of sp³-hybridized carbons (Fsp3) is 0.429. The van der Waals surface area contributed by atoms with Crippen LogP contribution in [-0.4, -0.2) is 104 Å². The van der Waals surface area contributed by atoms with E-state index in [1.165, 1.54) is 13.3 Å². The van der Waals surface area contributed by atoms with Gasteiger partial charge < -0.3 is 26.0 Å². The van der Waals surface area contributed by atoms with Crippen LogP contribution in [-0.2, 0) is 36.3 Å². The van der Waals surface area contributed by atoms with Crippen molar-refractivity contribution >= 4 is 66.3 Å². The van der Waals surface area contributed by atoms with Crippen molar-refractivity contribution in [3.8, 4) is 0 Å². The minimum atomic E-state index is -3.45. The van der Waals surface area contributed by atoms with Gasteiger partial charge in [0, 0.05) is 59.0 Å². The topological polar surface area (TPSA) is 223 Å². The molecule has 2 aromatic carbocycles. The van der Waals surface area contributed by atoms with Crippen LogP contribution in [0.5, 0.6) is 0 Å². The van der Waals surface area contributed by atoms with Crippen molar-refractivity contribution in [3.63, 3.8) is 0 Å². The molecule has 56 heavy (non-hydrogen) atoms. The standard InChI is InChI=1S/C20H26ClN5O4S.C15H18ClN5O3S/c21-17-18(19(22)23-26(20(17)27)16-8-4-5-13-30-16)24-9-11-25(12-10-24)31(28,29)14-15-6-2-1-3-7-15;16-12-13(14(17)18-19-15(12)22)20-6-8-21(9-7-20)25(23,24)10-11-4-2-1-3-5-11/h1-3,6-7,16H,4-5,8-14H2,(H2,22,23);1-5H,6-10H2,(H2,17,18)(H,19,22). The van der Waals surface area contributed by atoms with Gasteiger partial charge in [-0.1, -0.05) is 83.9 Å². The van der Waals surface area contributed by atoms with Crippen LogP contribution in [0.4, 0.5) is 23.0 Å². The second-order valence-electron chi connectivity index (χ2n) is 13.5. The Morgan fingerprint density at radius 2 is 1.18 bits per heavy atom. The Morgan fingerprint density at radius 3 is 1.64 bits per heavy atom. The average molecular weight is 852 g/mol. The van der Waals surface area contributed by atoms with Gasteiger partial charge in [-0.25, -0.2) is 21.9 Å². The second-order valence-corrected chi connectivity index (χ2v) is 18.2. The summed E-state index contributed by atoms with van der Waals surface area (Å²) in [5.41, 5.74) is 13.2. The Hall–Kier alpha value is -4.24. The number of halogens is 2. The molecule has 0 aliphatic carbocycles. The fourth-order valence-corrected chi connectivity index (χ4v) is 10.4. The third-order valence-corrected chi connectivity index (χ3v) is 14.1. The van der Waals surface area contributed by atoms with Crippen molar-refractivity contribution in [2.45, 2.75) is 37.0 Å². The molecule has 21 heteroatoms. The summed E-state index contributed by atoms with van der Waals surface area (Å²) in [7, 11) is -6.86. The predicted octanol–water partition coefficient (Wildman–Crippen LogP) is 2.49. The van der Waals surface area contributed by atoms with Gasteiger partial charge in [-0.15, -0.1) is 5.10 Å². The van der Waals surface area contributed by atoms with E-state index in [4.69, 9.17) is 39.4 Å². The third kappa shape index (κ3) is 9.64. The first kappa shape index (κ1) is 41.4. The number of piperazine rings is 2. The van der Waals surface area contributed by atoms with Gasteiger partial charge >= 0.3 is 0 Å². The Labute approximate surface area is 334 Å². The molecule has 302 valence electrons. The number of H-pyrrole nitrogens is 1. The lowest BCUT2D eigenvalue weighted by molar-refractivity contribution is -0.0421. The van der Waals surface area contributed by atoms with Gasteiger partial charge in [0.15, 0.2) is 17.9 Å². The summed E-state index contributed by atoms with van der Waals surface area (Å²) in [5.74, 6) is 0.170. The molecule has 0 bridgehead atoms. The first-order valence-corrected chi connectivity index (χ1v) is 22.0. The normalized spacial score (nSPS) is 18.6. The highest BCUT2D eigenvalue weighted by Crippen LogP contribution is 2.32. The lowest BCUT2D eigenvalue weighted by atomic mass is 10.2. The third-order valence-electron chi connectivity index (χ3n) is 9.70. The number of hydrogen-bond acceptors (Lipinski definition) is 13. The smallest absolute Gasteiger partial charge is 0.290 e. The number of aromatic amines is 1. The van der Waals surface area contributed by atoms with Crippen molar-refractivity contribution in [1.29, 1.82) is 0 Å². The number of anilines is 4. The van der Waals surface area contributed by atoms with Gasteiger partial charge in [0.1, 0.15) is 21.4 Å². The van der Waals surface area contributed by atoms with Crippen LogP contribution in [0.1, 0.15) is 36.6 Å².